The second-order valence-corrected chi connectivity index (χ2v) is 14.6. The number of hydrogen-bond donors (Lipinski definition) is 3. The number of nitrogen functional groups attached to an aromatic ring is 1. The molecule has 2 aromatic carbocycles. The van der Waals surface area contributed by atoms with Crippen molar-refractivity contribution < 1.29 is 32.8 Å². The number of halogens is 1. The highest BCUT2D eigenvalue weighted by atomic mass is 32.5. The number of aliphatic hydroxyl groups excluding tert-OH is 1. The molecule has 3 heterocycles. The molecular weight excluding hydrogens is 624 g/mol. The summed E-state index contributed by atoms with van der Waals surface area (Å²) in [7, 11) is 3.54. The molecule has 4 aromatic rings. The van der Waals surface area contributed by atoms with Crippen LogP contribution in [0.2, 0.25) is 0 Å². The van der Waals surface area contributed by atoms with Crippen molar-refractivity contribution in [2.75, 3.05) is 31.3 Å². The first kappa shape index (κ1) is 32.9. The first-order valence-electron chi connectivity index (χ1n) is 14.3. The largest absolute Gasteiger partial charge is 0.462 e. The van der Waals surface area contributed by atoms with Gasteiger partial charge in [-0.3, -0.25) is 9.36 Å². The Morgan fingerprint density at radius 2 is 1.96 bits per heavy atom. The Labute approximate surface area is 265 Å². The highest BCUT2D eigenvalue weighted by Crippen LogP contribution is 2.49. The summed E-state index contributed by atoms with van der Waals surface area (Å²) >= 11 is 5.88. The van der Waals surface area contributed by atoms with Crippen LogP contribution in [0.1, 0.15) is 33.9 Å². The Morgan fingerprint density at radius 1 is 1.24 bits per heavy atom. The van der Waals surface area contributed by atoms with Crippen molar-refractivity contribution >= 4 is 58.1 Å². The fourth-order valence-corrected chi connectivity index (χ4v) is 7.46. The third kappa shape index (κ3) is 6.74. The standard InChI is InChI=1S/C29H37FN7O6PS/c1-16(2)41-26(39)17(3)35-44(45,43-20-13-9-11-18-10-7-8-12-19(18)20)40-14-21-23(38)29(4,30)27(42-21)37-15-32-22-24(36(5)6)33-28(31)34-25(22)37/h7-13,15-17,21,23,27,38H,14H2,1-6H3,(H,35,45)(H2,31,33,34)/t17-,21+,23+,27+,29+,44-/m0/s1. The second kappa shape index (κ2) is 12.7. The van der Waals surface area contributed by atoms with Gasteiger partial charge in [-0.1, -0.05) is 36.4 Å². The minimum atomic E-state index is -3.56. The van der Waals surface area contributed by atoms with Crippen LogP contribution in [0.4, 0.5) is 16.2 Å². The van der Waals surface area contributed by atoms with E-state index < -0.39 is 42.8 Å². The van der Waals surface area contributed by atoms with Gasteiger partial charge in [-0.25, -0.2) is 14.5 Å². The quantitative estimate of drug-likeness (QED) is 0.157. The molecule has 45 heavy (non-hydrogen) atoms. The Hall–Kier alpha value is -3.46. The average molecular weight is 662 g/mol. The Balaban J connectivity index is 1.42. The molecule has 2 aromatic heterocycles. The SMILES string of the molecule is CC(C)OC(=O)[C@H](C)N[P@](=S)(OC[C@H]1O[C@@H](n2cnc3c(N(C)C)nc(N)nc32)[C@](C)(F)[C@@H]1O)Oc1cccc2ccccc12. The number of nitrogens with one attached hydrogen (secondary N) is 1. The highest BCUT2D eigenvalue weighted by Gasteiger charge is 2.56. The van der Waals surface area contributed by atoms with Crippen LogP contribution < -0.4 is 20.2 Å². The zero-order valence-corrected chi connectivity index (χ0v) is 27.5. The van der Waals surface area contributed by atoms with Crippen molar-refractivity contribution in [3.05, 3.63) is 48.8 Å². The molecule has 0 radical (unpaired) electrons. The summed E-state index contributed by atoms with van der Waals surface area (Å²) in [5.74, 6) is 0.281. The summed E-state index contributed by atoms with van der Waals surface area (Å²) in [6.07, 6.45) is -3.17. The number of rotatable bonds is 11. The van der Waals surface area contributed by atoms with E-state index in [0.717, 1.165) is 10.8 Å². The number of aliphatic hydroxyl groups is 1. The molecule has 0 bridgehead atoms. The number of fused-ring (bicyclic) bond motifs is 2. The molecule has 1 fully saturated rings. The third-order valence-corrected chi connectivity index (χ3v) is 9.73. The lowest BCUT2D eigenvalue weighted by atomic mass is 9.98. The molecular formula is C29H37FN7O6PS. The Morgan fingerprint density at radius 3 is 2.67 bits per heavy atom. The molecule has 0 aliphatic carbocycles. The number of alkyl halides is 1. The van der Waals surface area contributed by atoms with Gasteiger partial charge in [0.1, 0.15) is 24.0 Å². The molecule has 13 nitrogen and oxygen atoms in total. The molecule has 242 valence electrons. The van der Waals surface area contributed by atoms with Crippen molar-refractivity contribution in [1.29, 1.82) is 0 Å². The third-order valence-electron chi connectivity index (χ3n) is 7.25. The zero-order valence-electron chi connectivity index (χ0n) is 25.7. The Kier molecular flexibility index (Phi) is 9.32. The van der Waals surface area contributed by atoms with Crippen LogP contribution in [0.3, 0.4) is 0 Å². The van der Waals surface area contributed by atoms with E-state index in [0.29, 0.717) is 17.1 Å². The first-order chi connectivity index (χ1) is 21.2. The normalized spacial score (nSPS) is 23.7. The van der Waals surface area contributed by atoms with Gasteiger partial charge < -0.3 is 34.3 Å². The summed E-state index contributed by atoms with van der Waals surface area (Å²) in [5, 5.41) is 15.8. The maximum atomic E-state index is 16.3. The minimum absolute atomic E-state index is 0.0330. The zero-order chi connectivity index (χ0) is 32.7. The maximum Gasteiger partial charge on any atom is 0.323 e. The number of nitrogens with two attached hydrogens (primary N) is 1. The van der Waals surface area contributed by atoms with E-state index in [-0.39, 0.29) is 24.3 Å². The molecule has 1 saturated heterocycles. The fraction of sp³-hybridized carbons (Fsp3) is 0.448. The van der Waals surface area contributed by atoms with Crippen LogP contribution in [0.15, 0.2) is 48.8 Å². The highest BCUT2D eigenvalue weighted by molar-refractivity contribution is 8.09. The van der Waals surface area contributed by atoms with E-state index in [4.69, 9.17) is 36.1 Å². The molecule has 6 atom stereocenters. The van der Waals surface area contributed by atoms with Gasteiger partial charge in [-0.05, 0) is 51.0 Å². The van der Waals surface area contributed by atoms with Crippen molar-refractivity contribution in [2.45, 2.75) is 63.9 Å². The molecule has 1 aliphatic heterocycles. The first-order valence-corrected chi connectivity index (χ1v) is 16.9. The van der Waals surface area contributed by atoms with Crippen LogP contribution in [-0.2, 0) is 30.6 Å². The van der Waals surface area contributed by atoms with Gasteiger partial charge in [-0.2, -0.15) is 9.97 Å². The monoisotopic (exact) mass is 661 g/mol. The lowest BCUT2D eigenvalue weighted by Crippen LogP contribution is -2.41. The van der Waals surface area contributed by atoms with Gasteiger partial charge in [0.2, 0.25) is 5.95 Å². The number of anilines is 2. The van der Waals surface area contributed by atoms with Crippen LogP contribution >= 0.6 is 6.64 Å². The van der Waals surface area contributed by atoms with Gasteiger partial charge in [-0.15, -0.1) is 0 Å². The van der Waals surface area contributed by atoms with Crippen molar-refractivity contribution in [1.82, 2.24) is 24.6 Å². The van der Waals surface area contributed by atoms with Crippen LogP contribution in [-0.4, -0.2) is 81.3 Å². The molecule has 16 heteroatoms. The molecule has 1 aliphatic rings. The van der Waals surface area contributed by atoms with E-state index >= 15 is 4.39 Å². The van der Waals surface area contributed by atoms with Crippen LogP contribution in [0.25, 0.3) is 21.9 Å². The summed E-state index contributed by atoms with van der Waals surface area (Å²) in [6, 6.07) is 12.1. The van der Waals surface area contributed by atoms with Gasteiger partial charge >= 0.3 is 12.6 Å². The van der Waals surface area contributed by atoms with E-state index in [1.165, 1.54) is 17.8 Å². The van der Waals surface area contributed by atoms with Gasteiger partial charge in [0.05, 0.1) is 19.0 Å². The number of nitrogens with zero attached hydrogens (tertiary/aromatic N) is 5. The van der Waals surface area contributed by atoms with Gasteiger partial charge in [0.25, 0.3) is 0 Å². The van der Waals surface area contributed by atoms with Gasteiger partial charge in [0, 0.05) is 19.5 Å². The lowest BCUT2D eigenvalue weighted by Gasteiger charge is -2.28. The second-order valence-electron chi connectivity index (χ2n) is 11.4. The predicted octanol–water partition coefficient (Wildman–Crippen LogP) is 3.86. The number of hydrogen-bond acceptors (Lipinski definition) is 12. The van der Waals surface area contributed by atoms with E-state index in [9.17, 15) is 9.90 Å². The number of benzene rings is 2. The summed E-state index contributed by atoms with van der Waals surface area (Å²) in [6.45, 7) is 2.34. The number of carbonyl (C=O) groups excluding carboxylic acids is 1. The average Bonchev–Trinajstić information content (AvgIpc) is 3.48. The molecule has 0 amide bonds. The smallest absolute Gasteiger partial charge is 0.323 e. The summed E-state index contributed by atoms with van der Waals surface area (Å²) in [5.41, 5.74) is 4.25. The predicted molar refractivity (Wildman–Crippen MR) is 172 cm³/mol. The van der Waals surface area contributed by atoms with E-state index in [1.54, 1.807) is 45.8 Å². The molecule has 4 N–H and O–H groups in total. The number of ether oxygens (including phenoxy) is 2. The summed E-state index contributed by atoms with van der Waals surface area (Å²) < 4.78 is 41.5. The molecule has 0 unspecified atom stereocenters. The fourth-order valence-electron chi connectivity index (χ4n) is 5.04. The number of aromatic nitrogens is 4. The number of esters is 1. The van der Waals surface area contributed by atoms with E-state index in [1.807, 2.05) is 36.4 Å². The van der Waals surface area contributed by atoms with E-state index in [2.05, 4.69) is 20.0 Å². The van der Waals surface area contributed by atoms with Gasteiger partial charge in [0.15, 0.2) is 28.9 Å². The van der Waals surface area contributed by atoms with Crippen molar-refractivity contribution in [3.8, 4) is 5.75 Å². The molecule has 0 spiro atoms. The van der Waals surface area contributed by atoms with Crippen molar-refractivity contribution in [2.24, 2.45) is 0 Å². The Bertz CT molecular complexity index is 1750. The van der Waals surface area contributed by atoms with Crippen LogP contribution in [0.5, 0.6) is 5.75 Å². The number of carbonyl (C=O) groups is 1. The number of imidazole rings is 1. The maximum absolute atomic E-state index is 16.3. The molecule has 0 saturated carbocycles. The summed E-state index contributed by atoms with van der Waals surface area (Å²) in [4.78, 5) is 27.2. The lowest BCUT2D eigenvalue weighted by molar-refractivity contribution is -0.149. The minimum Gasteiger partial charge on any atom is -0.462 e. The van der Waals surface area contributed by atoms with Crippen molar-refractivity contribution in [3.63, 3.8) is 0 Å². The van der Waals surface area contributed by atoms with Crippen LogP contribution in [0, 0.1) is 0 Å². The molecule has 5 rings (SSSR count). The topological polar surface area (TPSA) is 159 Å².